The average molecular weight is 247 g/mol. The van der Waals surface area contributed by atoms with E-state index in [4.69, 9.17) is 10.3 Å². The van der Waals surface area contributed by atoms with Crippen molar-refractivity contribution in [2.75, 3.05) is 0 Å². The molecule has 0 aromatic carbocycles. The van der Waals surface area contributed by atoms with E-state index in [1.54, 1.807) is 18.6 Å². The maximum Gasteiger partial charge on any atom is 0.228 e. The molecule has 1 atom stereocenters. The quantitative estimate of drug-likeness (QED) is 0.882. The van der Waals surface area contributed by atoms with Crippen LogP contribution in [0, 0.1) is 5.41 Å². The Balaban J connectivity index is 2.12. The van der Waals surface area contributed by atoms with Crippen molar-refractivity contribution in [3.63, 3.8) is 0 Å². The molecule has 2 aromatic rings. The fraction of sp³-hybridized carbons (Fsp3) is 0.500. The van der Waals surface area contributed by atoms with Crippen molar-refractivity contribution in [2.24, 2.45) is 11.1 Å². The van der Waals surface area contributed by atoms with Crippen LogP contribution in [0.3, 0.4) is 0 Å². The molecule has 96 valence electrons. The van der Waals surface area contributed by atoms with E-state index in [2.05, 4.69) is 40.9 Å². The lowest BCUT2D eigenvalue weighted by molar-refractivity contribution is 0.286. The SMILES string of the molecule is CC(C)(C)C(N)Cc1nc(-c2cnccn2)no1. The van der Waals surface area contributed by atoms with E-state index in [-0.39, 0.29) is 11.5 Å². The Morgan fingerprint density at radius 3 is 2.72 bits per heavy atom. The van der Waals surface area contributed by atoms with Gasteiger partial charge in [0.25, 0.3) is 0 Å². The minimum Gasteiger partial charge on any atom is -0.339 e. The first kappa shape index (κ1) is 12.6. The summed E-state index contributed by atoms with van der Waals surface area (Å²) in [6.07, 6.45) is 5.33. The fourth-order valence-corrected chi connectivity index (χ4v) is 1.35. The summed E-state index contributed by atoms with van der Waals surface area (Å²) in [6.45, 7) is 6.24. The average Bonchev–Trinajstić information content (AvgIpc) is 2.77. The molecule has 0 saturated heterocycles. The molecule has 0 radical (unpaired) electrons. The number of nitrogens with two attached hydrogens (primary N) is 1. The number of hydrogen-bond acceptors (Lipinski definition) is 6. The summed E-state index contributed by atoms with van der Waals surface area (Å²) in [5, 5.41) is 3.88. The van der Waals surface area contributed by atoms with E-state index in [1.165, 1.54) is 0 Å². The van der Waals surface area contributed by atoms with Crippen LogP contribution in [0.2, 0.25) is 0 Å². The number of rotatable bonds is 3. The van der Waals surface area contributed by atoms with Gasteiger partial charge in [0.15, 0.2) is 0 Å². The van der Waals surface area contributed by atoms with Crippen molar-refractivity contribution in [3.8, 4) is 11.5 Å². The monoisotopic (exact) mass is 247 g/mol. The van der Waals surface area contributed by atoms with Crippen molar-refractivity contribution >= 4 is 0 Å². The largest absolute Gasteiger partial charge is 0.339 e. The molecule has 0 amide bonds. The molecule has 1 unspecified atom stereocenters. The zero-order valence-corrected chi connectivity index (χ0v) is 10.8. The van der Waals surface area contributed by atoms with Gasteiger partial charge in [0.1, 0.15) is 5.69 Å². The second-order valence-corrected chi connectivity index (χ2v) is 5.28. The zero-order valence-electron chi connectivity index (χ0n) is 10.8. The third-order valence-electron chi connectivity index (χ3n) is 2.77. The second-order valence-electron chi connectivity index (χ2n) is 5.28. The fourth-order valence-electron chi connectivity index (χ4n) is 1.35. The highest BCUT2D eigenvalue weighted by molar-refractivity contribution is 5.45. The van der Waals surface area contributed by atoms with Gasteiger partial charge in [-0.05, 0) is 5.41 Å². The highest BCUT2D eigenvalue weighted by Gasteiger charge is 2.23. The van der Waals surface area contributed by atoms with Crippen molar-refractivity contribution in [1.82, 2.24) is 20.1 Å². The maximum atomic E-state index is 6.07. The van der Waals surface area contributed by atoms with Crippen LogP contribution in [-0.4, -0.2) is 26.2 Å². The Hall–Kier alpha value is -1.82. The second kappa shape index (κ2) is 4.81. The van der Waals surface area contributed by atoms with Crippen LogP contribution in [0.25, 0.3) is 11.5 Å². The van der Waals surface area contributed by atoms with E-state index < -0.39 is 0 Å². The molecule has 0 fully saturated rings. The Morgan fingerprint density at radius 1 is 1.33 bits per heavy atom. The van der Waals surface area contributed by atoms with Crippen LogP contribution < -0.4 is 5.73 Å². The van der Waals surface area contributed by atoms with E-state index in [0.29, 0.717) is 23.8 Å². The third-order valence-corrected chi connectivity index (χ3v) is 2.77. The zero-order chi connectivity index (χ0) is 13.2. The van der Waals surface area contributed by atoms with Crippen LogP contribution in [0.4, 0.5) is 0 Å². The van der Waals surface area contributed by atoms with Crippen molar-refractivity contribution < 1.29 is 4.52 Å². The molecule has 2 aromatic heterocycles. The van der Waals surface area contributed by atoms with Gasteiger partial charge in [-0.15, -0.1) is 0 Å². The lowest BCUT2D eigenvalue weighted by Crippen LogP contribution is -2.36. The first-order chi connectivity index (χ1) is 8.47. The third kappa shape index (κ3) is 2.89. The maximum absolute atomic E-state index is 6.07. The van der Waals surface area contributed by atoms with E-state index in [1.807, 2.05) is 0 Å². The summed E-state index contributed by atoms with van der Waals surface area (Å²) in [5.41, 5.74) is 6.67. The van der Waals surface area contributed by atoms with Gasteiger partial charge >= 0.3 is 0 Å². The standard InChI is InChI=1S/C12H17N5O/c1-12(2,3)9(13)6-10-16-11(17-18-10)8-7-14-4-5-15-8/h4-5,7,9H,6,13H2,1-3H3. The van der Waals surface area contributed by atoms with Gasteiger partial charge in [-0.2, -0.15) is 4.98 Å². The van der Waals surface area contributed by atoms with E-state index >= 15 is 0 Å². The molecule has 18 heavy (non-hydrogen) atoms. The molecule has 2 rings (SSSR count). The van der Waals surface area contributed by atoms with Crippen LogP contribution in [0.1, 0.15) is 26.7 Å². The van der Waals surface area contributed by atoms with Gasteiger partial charge in [-0.25, -0.2) is 4.98 Å². The van der Waals surface area contributed by atoms with Crippen molar-refractivity contribution in [3.05, 3.63) is 24.5 Å². The molecule has 0 saturated carbocycles. The van der Waals surface area contributed by atoms with Crippen LogP contribution in [0.5, 0.6) is 0 Å². The highest BCUT2D eigenvalue weighted by Crippen LogP contribution is 2.21. The topological polar surface area (TPSA) is 90.7 Å². The van der Waals surface area contributed by atoms with Gasteiger partial charge in [0, 0.05) is 24.9 Å². The van der Waals surface area contributed by atoms with Crippen molar-refractivity contribution in [2.45, 2.75) is 33.2 Å². The molecule has 0 bridgehead atoms. The molecule has 0 aliphatic heterocycles. The molecular formula is C12H17N5O. The van der Waals surface area contributed by atoms with Crippen LogP contribution in [-0.2, 0) is 6.42 Å². The Kier molecular flexibility index (Phi) is 3.38. The summed E-state index contributed by atoms with van der Waals surface area (Å²) in [4.78, 5) is 12.3. The van der Waals surface area contributed by atoms with Gasteiger partial charge in [-0.1, -0.05) is 25.9 Å². The minimum absolute atomic E-state index is 0.00118. The lowest BCUT2D eigenvalue weighted by Gasteiger charge is -2.25. The predicted octanol–water partition coefficient (Wildman–Crippen LogP) is 1.44. The van der Waals surface area contributed by atoms with Gasteiger partial charge in [-0.3, -0.25) is 4.98 Å². The lowest BCUT2D eigenvalue weighted by atomic mass is 9.85. The first-order valence-electron chi connectivity index (χ1n) is 5.81. The molecule has 6 heteroatoms. The van der Waals surface area contributed by atoms with Crippen molar-refractivity contribution in [1.29, 1.82) is 0 Å². The van der Waals surface area contributed by atoms with Gasteiger partial charge in [0.05, 0.1) is 6.20 Å². The van der Waals surface area contributed by atoms with E-state index in [9.17, 15) is 0 Å². The van der Waals surface area contributed by atoms with Gasteiger partial charge < -0.3 is 10.3 Å². The molecule has 0 aliphatic rings. The van der Waals surface area contributed by atoms with Crippen LogP contribution in [0.15, 0.2) is 23.1 Å². The molecule has 0 aliphatic carbocycles. The first-order valence-corrected chi connectivity index (χ1v) is 5.81. The predicted molar refractivity (Wildman–Crippen MR) is 66.5 cm³/mol. The molecule has 2 heterocycles. The summed E-state index contributed by atoms with van der Waals surface area (Å²) in [6, 6.07) is -0.0346. The smallest absolute Gasteiger partial charge is 0.228 e. The number of nitrogens with zero attached hydrogens (tertiary/aromatic N) is 4. The number of aromatic nitrogens is 4. The molecule has 2 N–H and O–H groups in total. The summed E-state index contributed by atoms with van der Waals surface area (Å²) >= 11 is 0. The minimum atomic E-state index is -0.0346. The Bertz CT molecular complexity index is 503. The van der Waals surface area contributed by atoms with Gasteiger partial charge in [0.2, 0.25) is 11.7 Å². The Morgan fingerprint density at radius 2 is 2.11 bits per heavy atom. The molecule has 6 nitrogen and oxygen atoms in total. The normalized spacial score (nSPS) is 13.6. The summed E-state index contributed by atoms with van der Waals surface area (Å²) < 4.78 is 5.18. The highest BCUT2D eigenvalue weighted by atomic mass is 16.5. The molecule has 0 spiro atoms. The summed E-state index contributed by atoms with van der Waals surface area (Å²) in [7, 11) is 0. The van der Waals surface area contributed by atoms with E-state index in [0.717, 1.165) is 0 Å². The number of hydrogen-bond donors (Lipinski definition) is 1. The van der Waals surface area contributed by atoms with Crippen LogP contribution >= 0.6 is 0 Å². The molecular weight excluding hydrogens is 230 g/mol. The Labute approximate surface area is 106 Å². The summed E-state index contributed by atoms with van der Waals surface area (Å²) in [5.74, 6) is 0.970.